The Hall–Kier alpha value is -4.32. The van der Waals surface area contributed by atoms with E-state index in [0.717, 1.165) is 39.4 Å². The van der Waals surface area contributed by atoms with Crippen LogP contribution in [0.1, 0.15) is 15.9 Å². The van der Waals surface area contributed by atoms with Crippen LogP contribution >= 0.6 is 0 Å². The summed E-state index contributed by atoms with van der Waals surface area (Å²) in [6.45, 7) is 0.0308. The highest BCUT2D eigenvalue weighted by Gasteiger charge is 2.11. The van der Waals surface area contributed by atoms with Crippen molar-refractivity contribution < 1.29 is 13.6 Å². The topological polar surface area (TPSA) is 57.8 Å². The van der Waals surface area contributed by atoms with E-state index >= 15 is 0 Å². The summed E-state index contributed by atoms with van der Waals surface area (Å²) >= 11 is 0. The molecule has 4 aromatic carbocycles. The Kier molecular flexibility index (Phi) is 5.40. The van der Waals surface area contributed by atoms with Gasteiger partial charge in [0.05, 0.1) is 11.4 Å². The summed E-state index contributed by atoms with van der Waals surface area (Å²) in [4.78, 5) is 12.4. The molecule has 0 aliphatic carbocycles. The third kappa shape index (κ3) is 4.36. The molecule has 0 saturated carbocycles. The Morgan fingerprint density at radius 2 is 1.58 bits per heavy atom. The molecule has 1 amide bonds. The van der Waals surface area contributed by atoms with Gasteiger partial charge in [0.15, 0.2) is 0 Å². The number of rotatable bonds is 5. The van der Waals surface area contributed by atoms with Crippen LogP contribution in [0.25, 0.3) is 33.3 Å². The minimum atomic E-state index is -0.675. The highest BCUT2D eigenvalue weighted by Crippen LogP contribution is 2.29. The van der Waals surface area contributed by atoms with Gasteiger partial charge < -0.3 is 5.32 Å². The Labute approximate surface area is 188 Å². The zero-order valence-electron chi connectivity index (χ0n) is 17.5. The van der Waals surface area contributed by atoms with Crippen molar-refractivity contribution in [3.8, 4) is 22.5 Å². The second kappa shape index (κ2) is 8.67. The number of aromatic amines is 1. The van der Waals surface area contributed by atoms with Gasteiger partial charge in [-0.05, 0) is 46.7 Å². The molecule has 0 atom stereocenters. The second-order valence-electron chi connectivity index (χ2n) is 7.73. The summed E-state index contributed by atoms with van der Waals surface area (Å²) in [6, 6.07) is 26.5. The maximum atomic E-state index is 13.3. The van der Waals surface area contributed by atoms with E-state index in [1.165, 1.54) is 12.1 Å². The van der Waals surface area contributed by atoms with Gasteiger partial charge in [-0.1, -0.05) is 54.6 Å². The lowest BCUT2D eigenvalue weighted by atomic mass is 10.0. The van der Waals surface area contributed by atoms with Crippen molar-refractivity contribution in [3.05, 3.63) is 114 Å². The number of nitrogens with one attached hydrogen (secondary N) is 2. The first kappa shape index (κ1) is 20.6. The monoisotopic (exact) mass is 439 g/mol. The van der Waals surface area contributed by atoms with Crippen LogP contribution in [0.4, 0.5) is 8.78 Å². The van der Waals surface area contributed by atoms with Gasteiger partial charge >= 0.3 is 0 Å². The molecule has 0 aliphatic heterocycles. The van der Waals surface area contributed by atoms with Crippen molar-refractivity contribution in [2.45, 2.75) is 6.54 Å². The molecule has 0 unspecified atom stereocenters. The number of benzene rings is 4. The smallest absolute Gasteiger partial charge is 0.251 e. The zero-order chi connectivity index (χ0) is 22.8. The highest BCUT2D eigenvalue weighted by atomic mass is 19.1. The third-order valence-electron chi connectivity index (χ3n) is 5.48. The number of amides is 1. The van der Waals surface area contributed by atoms with Gasteiger partial charge in [-0.15, -0.1) is 0 Å². The maximum Gasteiger partial charge on any atom is 0.251 e. The zero-order valence-corrected chi connectivity index (χ0v) is 17.5. The van der Waals surface area contributed by atoms with Gasteiger partial charge in [0.2, 0.25) is 0 Å². The van der Waals surface area contributed by atoms with Crippen molar-refractivity contribution in [1.29, 1.82) is 0 Å². The van der Waals surface area contributed by atoms with Crippen LogP contribution < -0.4 is 5.32 Å². The molecule has 33 heavy (non-hydrogen) atoms. The summed E-state index contributed by atoms with van der Waals surface area (Å²) in [6.07, 6.45) is 0. The average Bonchev–Trinajstić information content (AvgIpc) is 3.32. The molecular formula is C27H19F2N3O. The van der Waals surface area contributed by atoms with Gasteiger partial charge in [0.1, 0.15) is 11.6 Å². The van der Waals surface area contributed by atoms with Gasteiger partial charge in [-0.2, -0.15) is 5.10 Å². The van der Waals surface area contributed by atoms with E-state index in [0.29, 0.717) is 11.1 Å². The predicted molar refractivity (Wildman–Crippen MR) is 124 cm³/mol. The largest absolute Gasteiger partial charge is 0.348 e. The first-order valence-corrected chi connectivity index (χ1v) is 10.4. The first-order chi connectivity index (χ1) is 16.1. The molecule has 0 bridgehead atoms. The molecule has 0 radical (unpaired) electrons. The van der Waals surface area contributed by atoms with E-state index in [1.54, 1.807) is 12.1 Å². The molecule has 162 valence electrons. The summed E-state index contributed by atoms with van der Waals surface area (Å²) in [5.74, 6) is -1.68. The SMILES string of the molecule is O=C(NCc1cc(F)cc(F)c1)c1ccc(-c2cc(-c3cccc4ccccc34)[nH]n2)cc1. The lowest BCUT2D eigenvalue weighted by molar-refractivity contribution is 0.0951. The number of H-pyrrole nitrogens is 1. The number of aromatic nitrogens is 2. The van der Waals surface area contributed by atoms with E-state index in [9.17, 15) is 13.6 Å². The van der Waals surface area contributed by atoms with Crippen LogP contribution in [0.2, 0.25) is 0 Å². The van der Waals surface area contributed by atoms with Gasteiger partial charge in [0, 0.05) is 29.3 Å². The van der Waals surface area contributed by atoms with E-state index in [4.69, 9.17) is 0 Å². The van der Waals surface area contributed by atoms with Crippen LogP contribution in [0.5, 0.6) is 0 Å². The predicted octanol–water partition coefficient (Wildman–Crippen LogP) is 6.11. The first-order valence-electron chi connectivity index (χ1n) is 10.4. The van der Waals surface area contributed by atoms with Crippen LogP contribution in [0, 0.1) is 11.6 Å². The number of halogens is 2. The van der Waals surface area contributed by atoms with E-state index in [-0.39, 0.29) is 12.5 Å². The normalized spacial score (nSPS) is 11.0. The average molecular weight is 439 g/mol. The molecule has 1 aromatic heterocycles. The summed E-state index contributed by atoms with van der Waals surface area (Å²) < 4.78 is 26.6. The fourth-order valence-corrected chi connectivity index (χ4v) is 3.86. The number of fused-ring (bicyclic) bond motifs is 1. The van der Waals surface area contributed by atoms with Crippen molar-refractivity contribution in [2.75, 3.05) is 0 Å². The Balaban J connectivity index is 1.32. The standard InChI is InChI=1S/C27H19F2N3O/c28-21-12-17(13-22(29)14-21)16-30-27(33)20-10-8-19(9-11-20)25-15-26(32-31-25)24-7-3-5-18-4-1-2-6-23(18)24/h1-15H,16H2,(H,30,33)(H,31,32). The number of carbonyl (C=O) groups excluding carboxylic acids is 1. The summed E-state index contributed by atoms with van der Waals surface area (Å²) in [7, 11) is 0. The third-order valence-corrected chi connectivity index (χ3v) is 5.48. The van der Waals surface area contributed by atoms with Gasteiger partial charge in [0.25, 0.3) is 5.91 Å². The summed E-state index contributed by atoms with van der Waals surface area (Å²) in [5.41, 5.74) is 4.40. The molecule has 2 N–H and O–H groups in total. The number of carbonyl (C=O) groups is 1. The van der Waals surface area contributed by atoms with Crippen molar-refractivity contribution in [2.24, 2.45) is 0 Å². The molecule has 0 fully saturated rings. The molecule has 5 rings (SSSR count). The molecule has 0 aliphatic rings. The lowest BCUT2D eigenvalue weighted by Crippen LogP contribution is -2.22. The molecule has 0 spiro atoms. The molecular weight excluding hydrogens is 420 g/mol. The molecule has 4 nitrogen and oxygen atoms in total. The number of hydrogen-bond acceptors (Lipinski definition) is 2. The minimum absolute atomic E-state index is 0.0308. The fraction of sp³-hybridized carbons (Fsp3) is 0.0370. The van der Waals surface area contributed by atoms with E-state index in [2.05, 4.69) is 39.8 Å². The van der Waals surface area contributed by atoms with Gasteiger partial charge in [-0.25, -0.2) is 8.78 Å². The van der Waals surface area contributed by atoms with E-state index in [1.807, 2.05) is 36.4 Å². The fourth-order valence-electron chi connectivity index (χ4n) is 3.86. The van der Waals surface area contributed by atoms with Crippen LogP contribution in [-0.2, 0) is 6.54 Å². The van der Waals surface area contributed by atoms with Crippen LogP contribution in [0.3, 0.4) is 0 Å². The second-order valence-corrected chi connectivity index (χ2v) is 7.73. The van der Waals surface area contributed by atoms with Gasteiger partial charge in [-0.3, -0.25) is 9.89 Å². The molecule has 5 aromatic rings. The van der Waals surface area contributed by atoms with Crippen molar-refractivity contribution in [1.82, 2.24) is 15.5 Å². The quantitative estimate of drug-likeness (QED) is 0.347. The number of nitrogens with zero attached hydrogens (tertiary/aromatic N) is 1. The Morgan fingerprint density at radius 1 is 0.848 bits per heavy atom. The Morgan fingerprint density at radius 3 is 2.36 bits per heavy atom. The van der Waals surface area contributed by atoms with Crippen LogP contribution in [-0.4, -0.2) is 16.1 Å². The molecule has 6 heteroatoms. The number of hydrogen-bond donors (Lipinski definition) is 2. The molecule has 1 heterocycles. The maximum absolute atomic E-state index is 13.3. The van der Waals surface area contributed by atoms with E-state index < -0.39 is 11.6 Å². The summed E-state index contributed by atoms with van der Waals surface area (Å²) in [5, 5.41) is 12.5. The Bertz CT molecular complexity index is 1430. The lowest BCUT2D eigenvalue weighted by Gasteiger charge is -2.06. The highest BCUT2D eigenvalue weighted by molar-refractivity contribution is 5.96. The minimum Gasteiger partial charge on any atom is -0.348 e. The van der Waals surface area contributed by atoms with Crippen molar-refractivity contribution >= 4 is 16.7 Å². The van der Waals surface area contributed by atoms with Crippen LogP contribution in [0.15, 0.2) is 91.0 Å². The van der Waals surface area contributed by atoms with Crippen molar-refractivity contribution in [3.63, 3.8) is 0 Å². The molecule has 0 saturated heterocycles.